The topological polar surface area (TPSA) is 88.0 Å². The van der Waals surface area contributed by atoms with E-state index in [1.807, 2.05) is 18.2 Å². The van der Waals surface area contributed by atoms with Gasteiger partial charge in [0.25, 0.3) is 5.91 Å². The van der Waals surface area contributed by atoms with Gasteiger partial charge in [-0.05, 0) is 44.2 Å². The van der Waals surface area contributed by atoms with Crippen molar-refractivity contribution in [2.24, 2.45) is 0 Å². The monoisotopic (exact) mass is 382 g/mol. The predicted molar refractivity (Wildman–Crippen MR) is 104 cm³/mol. The zero-order valence-electron chi connectivity index (χ0n) is 15.0. The van der Waals surface area contributed by atoms with Gasteiger partial charge in [-0.2, -0.15) is 0 Å². The van der Waals surface area contributed by atoms with Gasteiger partial charge in [0.2, 0.25) is 0 Å². The molecule has 0 saturated carbocycles. The molecule has 0 bridgehead atoms. The van der Waals surface area contributed by atoms with Gasteiger partial charge in [0.1, 0.15) is 5.69 Å². The van der Waals surface area contributed by atoms with E-state index in [1.54, 1.807) is 50.5 Å². The Hall–Kier alpha value is -2.83. The first-order valence-corrected chi connectivity index (χ1v) is 8.76. The Morgan fingerprint density at radius 1 is 1.15 bits per heavy atom. The normalized spacial score (nSPS) is 11.3. The maximum Gasteiger partial charge on any atom is 0.270 e. The average molecular weight is 383 g/mol. The molecule has 0 spiro atoms. The Morgan fingerprint density at radius 2 is 1.89 bits per heavy atom. The van der Waals surface area contributed by atoms with Crippen molar-refractivity contribution in [1.29, 1.82) is 0 Å². The molecule has 138 valence electrons. The molecule has 3 rings (SSSR count). The molecule has 1 aromatic carbocycles. The van der Waals surface area contributed by atoms with E-state index in [9.17, 15) is 9.90 Å². The van der Waals surface area contributed by atoms with Crippen molar-refractivity contribution in [2.45, 2.75) is 19.4 Å². The van der Waals surface area contributed by atoms with Crippen molar-refractivity contribution in [3.8, 4) is 22.6 Å². The van der Waals surface area contributed by atoms with Crippen LogP contribution in [0.1, 0.15) is 24.3 Å². The molecule has 27 heavy (non-hydrogen) atoms. The van der Waals surface area contributed by atoms with E-state index >= 15 is 0 Å². The van der Waals surface area contributed by atoms with Gasteiger partial charge in [0.05, 0.1) is 11.3 Å². The first-order chi connectivity index (χ1) is 12.8. The summed E-state index contributed by atoms with van der Waals surface area (Å²) < 4.78 is 0. The van der Waals surface area contributed by atoms with Gasteiger partial charge in [-0.1, -0.05) is 23.7 Å². The lowest BCUT2D eigenvalue weighted by atomic mass is 10.1. The number of nitrogens with one attached hydrogen (secondary N) is 1. The number of hydrogen-bond acceptors (Lipinski definition) is 5. The standard InChI is InChI=1S/C20H19ClN4O2/c1-20(2,27)12-23-19(26)17-10-16(13-5-7-15(21)8-6-13)24-18(25-17)14-4-3-9-22-11-14/h3-11,27H,12H2,1-2H3,(H,23,26). The first-order valence-electron chi connectivity index (χ1n) is 8.38. The minimum atomic E-state index is -1.02. The van der Waals surface area contributed by atoms with Crippen LogP contribution in [-0.2, 0) is 0 Å². The lowest BCUT2D eigenvalue weighted by molar-refractivity contribution is 0.0692. The van der Waals surface area contributed by atoms with Crippen molar-refractivity contribution >= 4 is 17.5 Å². The molecule has 3 aromatic rings. The quantitative estimate of drug-likeness (QED) is 0.706. The molecule has 7 heteroatoms. The maximum absolute atomic E-state index is 12.6. The Labute approximate surface area is 162 Å². The molecular weight excluding hydrogens is 364 g/mol. The minimum Gasteiger partial charge on any atom is -0.389 e. The lowest BCUT2D eigenvalue weighted by Crippen LogP contribution is -2.38. The summed E-state index contributed by atoms with van der Waals surface area (Å²) >= 11 is 5.96. The van der Waals surface area contributed by atoms with Gasteiger partial charge in [0.15, 0.2) is 5.82 Å². The number of rotatable bonds is 5. The van der Waals surface area contributed by atoms with E-state index in [-0.39, 0.29) is 18.1 Å². The van der Waals surface area contributed by atoms with Crippen LogP contribution in [0.25, 0.3) is 22.6 Å². The molecule has 0 fully saturated rings. The van der Waals surface area contributed by atoms with E-state index in [4.69, 9.17) is 11.6 Å². The summed E-state index contributed by atoms with van der Waals surface area (Å²) in [5.74, 6) is 0.00355. The SMILES string of the molecule is CC(C)(O)CNC(=O)c1cc(-c2ccc(Cl)cc2)nc(-c2cccnc2)n1. The van der Waals surface area contributed by atoms with Crippen LogP contribution in [-0.4, -0.2) is 38.1 Å². The minimum absolute atomic E-state index is 0.105. The molecule has 0 aliphatic heterocycles. The number of aliphatic hydroxyl groups is 1. The molecular formula is C20H19ClN4O2. The van der Waals surface area contributed by atoms with Crippen molar-refractivity contribution < 1.29 is 9.90 Å². The number of aromatic nitrogens is 3. The molecule has 6 nitrogen and oxygen atoms in total. The van der Waals surface area contributed by atoms with Crippen LogP contribution < -0.4 is 5.32 Å². The van der Waals surface area contributed by atoms with Crippen LogP contribution >= 0.6 is 11.6 Å². The highest BCUT2D eigenvalue weighted by Gasteiger charge is 2.18. The zero-order valence-corrected chi connectivity index (χ0v) is 15.7. The molecule has 0 atom stereocenters. The number of halogens is 1. The Bertz CT molecular complexity index is 938. The van der Waals surface area contributed by atoms with Gasteiger partial charge in [-0.25, -0.2) is 9.97 Å². The number of hydrogen-bond donors (Lipinski definition) is 2. The summed E-state index contributed by atoms with van der Waals surface area (Å²) in [6.07, 6.45) is 3.29. The molecule has 2 heterocycles. The second-order valence-electron chi connectivity index (χ2n) is 6.71. The van der Waals surface area contributed by atoms with Crippen LogP contribution in [0, 0.1) is 0 Å². The average Bonchev–Trinajstić information content (AvgIpc) is 2.66. The smallest absolute Gasteiger partial charge is 0.270 e. The van der Waals surface area contributed by atoms with Crippen molar-refractivity contribution in [1.82, 2.24) is 20.3 Å². The summed E-state index contributed by atoms with van der Waals surface area (Å²) in [7, 11) is 0. The second-order valence-corrected chi connectivity index (χ2v) is 7.14. The van der Waals surface area contributed by atoms with Crippen LogP contribution in [0.4, 0.5) is 0 Å². The predicted octanol–water partition coefficient (Wildman–Crippen LogP) is 3.36. The highest BCUT2D eigenvalue weighted by atomic mass is 35.5. The highest BCUT2D eigenvalue weighted by molar-refractivity contribution is 6.30. The molecule has 0 unspecified atom stereocenters. The number of nitrogens with zero attached hydrogens (tertiary/aromatic N) is 3. The van der Waals surface area contributed by atoms with E-state index in [1.165, 1.54) is 0 Å². The third kappa shape index (κ3) is 5.09. The van der Waals surface area contributed by atoms with Crippen LogP contribution in [0.2, 0.25) is 5.02 Å². The number of carbonyl (C=O) groups excluding carboxylic acids is 1. The van der Waals surface area contributed by atoms with Gasteiger partial charge >= 0.3 is 0 Å². The Kier molecular flexibility index (Phi) is 5.48. The third-order valence-electron chi connectivity index (χ3n) is 3.70. The summed E-state index contributed by atoms with van der Waals surface area (Å²) in [5, 5.41) is 13.1. The van der Waals surface area contributed by atoms with Crippen molar-refractivity contribution in [3.63, 3.8) is 0 Å². The highest BCUT2D eigenvalue weighted by Crippen LogP contribution is 2.23. The molecule has 0 radical (unpaired) electrons. The summed E-state index contributed by atoms with van der Waals surface area (Å²) in [5.41, 5.74) is 1.29. The molecule has 0 aliphatic carbocycles. The fourth-order valence-electron chi connectivity index (χ4n) is 2.34. The van der Waals surface area contributed by atoms with E-state index < -0.39 is 5.60 Å². The maximum atomic E-state index is 12.6. The number of pyridine rings is 1. The third-order valence-corrected chi connectivity index (χ3v) is 3.95. The molecule has 0 saturated heterocycles. The fourth-order valence-corrected chi connectivity index (χ4v) is 2.47. The number of carbonyl (C=O) groups is 1. The fraction of sp³-hybridized carbons (Fsp3) is 0.200. The summed E-state index contributed by atoms with van der Waals surface area (Å²) in [4.78, 5) is 25.6. The van der Waals surface area contributed by atoms with E-state index in [2.05, 4.69) is 20.3 Å². The number of amides is 1. The van der Waals surface area contributed by atoms with Gasteiger partial charge < -0.3 is 10.4 Å². The van der Waals surface area contributed by atoms with Crippen LogP contribution in [0.5, 0.6) is 0 Å². The first kappa shape index (κ1) is 18.9. The summed E-state index contributed by atoms with van der Waals surface area (Å²) in [6, 6.07) is 12.4. The lowest BCUT2D eigenvalue weighted by Gasteiger charge is -2.17. The Morgan fingerprint density at radius 3 is 2.52 bits per heavy atom. The molecule has 2 N–H and O–H groups in total. The van der Waals surface area contributed by atoms with Crippen LogP contribution in [0.3, 0.4) is 0 Å². The van der Waals surface area contributed by atoms with Gasteiger partial charge in [-0.3, -0.25) is 9.78 Å². The largest absolute Gasteiger partial charge is 0.389 e. The van der Waals surface area contributed by atoms with E-state index in [0.29, 0.717) is 22.1 Å². The van der Waals surface area contributed by atoms with Crippen LogP contribution in [0.15, 0.2) is 54.9 Å². The van der Waals surface area contributed by atoms with Crippen molar-refractivity contribution in [3.05, 3.63) is 65.6 Å². The molecule has 0 aliphatic rings. The number of benzene rings is 1. The van der Waals surface area contributed by atoms with Gasteiger partial charge in [-0.15, -0.1) is 0 Å². The molecule has 2 aromatic heterocycles. The van der Waals surface area contributed by atoms with Gasteiger partial charge in [0, 0.05) is 35.1 Å². The van der Waals surface area contributed by atoms with E-state index in [0.717, 1.165) is 5.56 Å². The summed E-state index contributed by atoms with van der Waals surface area (Å²) in [6.45, 7) is 3.34. The zero-order chi connectivity index (χ0) is 19.4. The molecule has 1 amide bonds. The second kappa shape index (κ2) is 7.82. The van der Waals surface area contributed by atoms with Crippen molar-refractivity contribution in [2.75, 3.05) is 6.54 Å². The Balaban J connectivity index is 2.03.